The summed E-state index contributed by atoms with van der Waals surface area (Å²) in [5.74, 6) is -0.176. The summed E-state index contributed by atoms with van der Waals surface area (Å²) >= 11 is 0. The van der Waals surface area contributed by atoms with Gasteiger partial charge < -0.3 is 15.0 Å². The second kappa shape index (κ2) is 7.46. The Morgan fingerprint density at radius 1 is 1.32 bits per heavy atom. The summed E-state index contributed by atoms with van der Waals surface area (Å²) in [7, 11) is 3.53. The molecule has 0 saturated carbocycles. The molecule has 1 unspecified atom stereocenters. The van der Waals surface area contributed by atoms with Gasteiger partial charge in [-0.2, -0.15) is 0 Å². The van der Waals surface area contributed by atoms with E-state index in [4.69, 9.17) is 4.74 Å². The number of hydrogen-bond donors (Lipinski definition) is 1. The van der Waals surface area contributed by atoms with Crippen LogP contribution in [-0.2, 0) is 4.74 Å². The monoisotopic (exact) mass is 268 g/mol. The van der Waals surface area contributed by atoms with E-state index in [-0.39, 0.29) is 17.9 Å². The lowest BCUT2D eigenvalue weighted by atomic mass is 10.1. The fourth-order valence-corrected chi connectivity index (χ4v) is 2.04. The van der Waals surface area contributed by atoms with Crippen LogP contribution in [0.25, 0.3) is 0 Å². The van der Waals surface area contributed by atoms with Crippen molar-refractivity contribution in [3.8, 4) is 0 Å². The van der Waals surface area contributed by atoms with Crippen LogP contribution in [0, 0.1) is 5.82 Å². The molecule has 0 bridgehead atoms. The molecule has 1 rings (SSSR count). The molecule has 108 valence electrons. The lowest BCUT2D eigenvalue weighted by molar-refractivity contribution is 0.203. The molecular weight excluding hydrogens is 243 g/mol. The summed E-state index contributed by atoms with van der Waals surface area (Å²) in [6.45, 7) is 7.40. The Kier molecular flexibility index (Phi) is 6.25. The lowest BCUT2D eigenvalue weighted by Gasteiger charge is -2.29. The molecule has 0 fully saturated rings. The third kappa shape index (κ3) is 4.18. The first-order valence-electron chi connectivity index (χ1n) is 6.73. The van der Waals surface area contributed by atoms with E-state index in [1.165, 1.54) is 0 Å². The standard InChI is InChI=1S/C15H25FN2O/c1-11(2)18(8-9-19-5)15-7-6-13(10-14(15)16)12(3)17-4/h6-7,10-12,17H,8-9H2,1-5H3. The maximum atomic E-state index is 14.3. The summed E-state index contributed by atoms with van der Waals surface area (Å²) in [4.78, 5) is 2.02. The van der Waals surface area contributed by atoms with Crippen molar-refractivity contribution in [3.05, 3.63) is 29.6 Å². The molecule has 1 aromatic rings. The number of benzene rings is 1. The minimum atomic E-state index is -0.176. The first-order valence-corrected chi connectivity index (χ1v) is 6.73. The van der Waals surface area contributed by atoms with Crippen LogP contribution in [0.15, 0.2) is 18.2 Å². The van der Waals surface area contributed by atoms with E-state index >= 15 is 0 Å². The SMILES string of the molecule is CNC(C)c1ccc(N(CCOC)C(C)C)c(F)c1. The van der Waals surface area contributed by atoms with Gasteiger partial charge in [-0.3, -0.25) is 0 Å². The molecule has 0 aliphatic rings. The minimum absolute atomic E-state index is 0.148. The Hall–Kier alpha value is -1.13. The zero-order valence-electron chi connectivity index (χ0n) is 12.5. The second-order valence-corrected chi connectivity index (χ2v) is 5.00. The molecule has 0 aliphatic carbocycles. The van der Waals surface area contributed by atoms with E-state index in [9.17, 15) is 4.39 Å². The van der Waals surface area contributed by atoms with Crippen molar-refractivity contribution in [2.75, 3.05) is 32.2 Å². The van der Waals surface area contributed by atoms with Gasteiger partial charge in [0.2, 0.25) is 0 Å². The first kappa shape index (κ1) is 15.9. The van der Waals surface area contributed by atoms with E-state index in [0.717, 1.165) is 5.56 Å². The molecule has 0 saturated heterocycles. The van der Waals surface area contributed by atoms with E-state index in [1.54, 1.807) is 13.2 Å². The van der Waals surface area contributed by atoms with Gasteiger partial charge in [0.1, 0.15) is 5.82 Å². The molecule has 0 radical (unpaired) electrons. The number of nitrogens with one attached hydrogen (secondary N) is 1. The van der Waals surface area contributed by atoms with E-state index < -0.39 is 0 Å². The molecule has 0 heterocycles. The smallest absolute Gasteiger partial charge is 0.146 e. The van der Waals surface area contributed by atoms with Crippen LogP contribution >= 0.6 is 0 Å². The van der Waals surface area contributed by atoms with Gasteiger partial charge in [0, 0.05) is 25.7 Å². The first-order chi connectivity index (χ1) is 9.01. The van der Waals surface area contributed by atoms with Crippen LogP contribution in [-0.4, -0.2) is 33.4 Å². The van der Waals surface area contributed by atoms with E-state index in [0.29, 0.717) is 18.8 Å². The topological polar surface area (TPSA) is 24.5 Å². The van der Waals surface area contributed by atoms with Gasteiger partial charge in [0.25, 0.3) is 0 Å². The average molecular weight is 268 g/mol. The van der Waals surface area contributed by atoms with Crippen molar-refractivity contribution >= 4 is 5.69 Å². The highest BCUT2D eigenvalue weighted by atomic mass is 19.1. The number of hydrogen-bond acceptors (Lipinski definition) is 3. The van der Waals surface area contributed by atoms with Crippen molar-refractivity contribution in [1.29, 1.82) is 0 Å². The highest BCUT2D eigenvalue weighted by Gasteiger charge is 2.16. The van der Waals surface area contributed by atoms with Gasteiger partial charge in [0.15, 0.2) is 0 Å². The Balaban J connectivity index is 2.98. The van der Waals surface area contributed by atoms with E-state index in [1.807, 2.05) is 31.0 Å². The van der Waals surface area contributed by atoms with E-state index in [2.05, 4.69) is 19.2 Å². The Labute approximate surface area is 115 Å². The van der Waals surface area contributed by atoms with Crippen LogP contribution < -0.4 is 10.2 Å². The summed E-state index contributed by atoms with van der Waals surface area (Å²) in [5, 5.41) is 3.11. The molecular formula is C15H25FN2O. The molecule has 1 N–H and O–H groups in total. The zero-order valence-corrected chi connectivity index (χ0v) is 12.5. The fraction of sp³-hybridized carbons (Fsp3) is 0.600. The summed E-state index contributed by atoms with van der Waals surface area (Å²) in [6.07, 6.45) is 0. The molecule has 4 heteroatoms. The van der Waals surface area contributed by atoms with Gasteiger partial charge in [0.05, 0.1) is 12.3 Å². The molecule has 0 amide bonds. The third-order valence-electron chi connectivity index (χ3n) is 3.37. The predicted molar refractivity (Wildman–Crippen MR) is 78.2 cm³/mol. The summed E-state index contributed by atoms with van der Waals surface area (Å²) in [5.41, 5.74) is 1.60. The van der Waals surface area contributed by atoms with Gasteiger partial charge in [-0.1, -0.05) is 6.07 Å². The number of halogens is 1. The summed E-state index contributed by atoms with van der Waals surface area (Å²) < 4.78 is 19.4. The van der Waals surface area contributed by atoms with Crippen molar-refractivity contribution in [2.45, 2.75) is 32.9 Å². The van der Waals surface area contributed by atoms with Crippen molar-refractivity contribution < 1.29 is 9.13 Å². The normalized spacial score (nSPS) is 12.8. The molecule has 0 spiro atoms. The fourth-order valence-electron chi connectivity index (χ4n) is 2.04. The predicted octanol–water partition coefficient (Wildman–Crippen LogP) is 2.97. The lowest BCUT2D eigenvalue weighted by Crippen LogP contribution is -2.34. The van der Waals surface area contributed by atoms with Gasteiger partial charge in [-0.15, -0.1) is 0 Å². The molecule has 0 aliphatic heterocycles. The zero-order chi connectivity index (χ0) is 14.4. The van der Waals surface area contributed by atoms with Crippen LogP contribution in [0.5, 0.6) is 0 Å². The van der Waals surface area contributed by atoms with Crippen molar-refractivity contribution in [3.63, 3.8) is 0 Å². The Bertz CT molecular complexity index is 396. The van der Waals surface area contributed by atoms with Crippen LogP contribution in [0.4, 0.5) is 10.1 Å². The molecule has 19 heavy (non-hydrogen) atoms. The number of anilines is 1. The van der Waals surface area contributed by atoms with Crippen LogP contribution in [0.1, 0.15) is 32.4 Å². The highest BCUT2D eigenvalue weighted by Crippen LogP contribution is 2.24. The molecule has 1 atom stereocenters. The quantitative estimate of drug-likeness (QED) is 0.823. The molecule has 0 aromatic heterocycles. The van der Waals surface area contributed by atoms with Crippen molar-refractivity contribution in [2.24, 2.45) is 0 Å². The molecule has 1 aromatic carbocycles. The Morgan fingerprint density at radius 2 is 2.00 bits per heavy atom. The number of nitrogens with zero attached hydrogens (tertiary/aromatic N) is 1. The average Bonchev–Trinajstić information content (AvgIpc) is 2.39. The highest BCUT2D eigenvalue weighted by molar-refractivity contribution is 5.50. The van der Waals surface area contributed by atoms with Crippen LogP contribution in [0.2, 0.25) is 0 Å². The number of rotatable bonds is 7. The maximum absolute atomic E-state index is 14.3. The number of methoxy groups -OCH3 is 1. The number of ether oxygens (including phenoxy) is 1. The minimum Gasteiger partial charge on any atom is -0.383 e. The second-order valence-electron chi connectivity index (χ2n) is 5.00. The van der Waals surface area contributed by atoms with Gasteiger partial charge in [-0.25, -0.2) is 4.39 Å². The third-order valence-corrected chi connectivity index (χ3v) is 3.37. The Morgan fingerprint density at radius 3 is 2.47 bits per heavy atom. The largest absolute Gasteiger partial charge is 0.383 e. The summed E-state index contributed by atoms with van der Waals surface area (Å²) in [6, 6.07) is 5.82. The van der Waals surface area contributed by atoms with Crippen LogP contribution in [0.3, 0.4) is 0 Å². The van der Waals surface area contributed by atoms with Crippen molar-refractivity contribution in [1.82, 2.24) is 5.32 Å². The van der Waals surface area contributed by atoms with Gasteiger partial charge in [-0.05, 0) is 45.5 Å². The van der Waals surface area contributed by atoms with Gasteiger partial charge >= 0.3 is 0 Å². The maximum Gasteiger partial charge on any atom is 0.146 e. The molecule has 3 nitrogen and oxygen atoms in total.